The molecule has 176 valence electrons. The van der Waals surface area contributed by atoms with Crippen molar-refractivity contribution >= 4 is 16.8 Å². The molecule has 1 heterocycles. The van der Waals surface area contributed by atoms with Crippen LogP contribution in [0.15, 0.2) is 60.7 Å². The number of aryl methyl sites for hydroxylation is 1. The van der Waals surface area contributed by atoms with Crippen molar-refractivity contribution in [1.29, 1.82) is 0 Å². The van der Waals surface area contributed by atoms with Gasteiger partial charge in [-0.1, -0.05) is 50.2 Å². The number of carbonyl (C=O) groups excluding carboxylic acids is 1. The molecule has 4 rings (SSSR count). The minimum Gasteiger partial charge on any atom is -0.505 e. The highest BCUT2D eigenvalue weighted by atomic mass is 19.4. The second-order valence-electron chi connectivity index (χ2n) is 8.89. The van der Waals surface area contributed by atoms with Crippen LogP contribution in [0, 0.1) is 0 Å². The topological polar surface area (TPSA) is 68.0 Å². The lowest BCUT2D eigenvalue weighted by Crippen LogP contribution is -2.20. The summed E-state index contributed by atoms with van der Waals surface area (Å²) in [5.41, 5.74) is 1.50. The number of hydrogen-bond donors (Lipinski definition) is 1. The highest BCUT2D eigenvalue weighted by Crippen LogP contribution is 2.41. The number of carbonyl (C=O) groups is 1. The van der Waals surface area contributed by atoms with Gasteiger partial charge in [0, 0.05) is 17.4 Å². The van der Waals surface area contributed by atoms with Crippen LogP contribution in [0.5, 0.6) is 5.75 Å². The van der Waals surface area contributed by atoms with Crippen LogP contribution in [0.25, 0.3) is 16.7 Å². The van der Waals surface area contributed by atoms with E-state index in [0.717, 1.165) is 28.1 Å². The van der Waals surface area contributed by atoms with Gasteiger partial charge < -0.3 is 9.90 Å². The van der Waals surface area contributed by atoms with Crippen molar-refractivity contribution in [2.75, 3.05) is 0 Å². The molecule has 0 aliphatic rings. The average molecular weight is 467 g/mol. The van der Waals surface area contributed by atoms with Crippen LogP contribution >= 0.6 is 0 Å². The largest absolute Gasteiger partial charge is 0.505 e. The first-order valence-corrected chi connectivity index (χ1v) is 10.8. The van der Waals surface area contributed by atoms with Crippen LogP contribution in [-0.2, 0) is 22.8 Å². The summed E-state index contributed by atoms with van der Waals surface area (Å²) in [6.45, 7) is 5.45. The van der Waals surface area contributed by atoms with Gasteiger partial charge in [-0.25, -0.2) is 0 Å². The number of benzene rings is 3. The van der Waals surface area contributed by atoms with E-state index in [1.165, 1.54) is 13.0 Å². The Kier molecular flexibility index (Phi) is 5.93. The molecule has 4 aromatic rings. The fourth-order valence-corrected chi connectivity index (χ4v) is 3.98. The first-order chi connectivity index (χ1) is 16.0. The molecule has 0 saturated heterocycles. The van der Waals surface area contributed by atoms with Crippen molar-refractivity contribution in [2.45, 2.75) is 45.2 Å². The molecule has 1 N–H and O–H groups in total. The Labute approximate surface area is 194 Å². The lowest BCUT2D eigenvalue weighted by molar-refractivity contribution is -0.137. The summed E-state index contributed by atoms with van der Waals surface area (Å²) in [7, 11) is 0. The molecular weight excluding hydrogens is 443 g/mol. The maximum atomic E-state index is 13.1. The number of alkyl halides is 3. The van der Waals surface area contributed by atoms with Gasteiger partial charge in [0.2, 0.25) is 0 Å². The normalized spacial score (nSPS) is 12.3. The van der Waals surface area contributed by atoms with E-state index in [0.29, 0.717) is 18.4 Å². The maximum absolute atomic E-state index is 13.1. The van der Waals surface area contributed by atoms with E-state index in [1.807, 2.05) is 50.2 Å². The van der Waals surface area contributed by atoms with Gasteiger partial charge in [0.1, 0.15) is 28.3 Å². The van der Waals surface area contributed by atoms with Crippen molar-refractivity contribution in [2.24, 2.45) is 0 Å². The molecule has 0 aliphatic heterocycles. The molecule has 0 atom stereocenters. The van der Waals surface area contributed by atoms with Gasteiger partial charge in [-0.05, 0) is 48.7 Å². The van der Waals surface area contributed by atoms with Gasteiger partial charge in [0.05, 0.1) is 5.56 Å². The van der Waals surface area contributed by atoms with Gasteiger partial charge >= 0.3 is 6.18 Å². The zero-order valence-electron chi connectivity index (χ0n) is 19.0. The lowest BCUT2D eigenvalue weighted by atomic mass is 9.76. The molecule has 34 heavy (non-hydrogen) atoms. The highest BCUT2D eigenvalue weighted by molar-refractivity contribution is 5.76. The van der Waals surface area contributed by atoms with E-state index in [1.54, 1.807) is 6.07 Å². The standard InChI is InChI=1S/C26H24F3N3O2/c1-16(33)9-10-17-13-20(25(2,3)18-7-5-4-6-8-18)24(34)23(14-17)32-30-21-12-11-19(26(27,28)29)15-22(21)31-32/h4-8,11-15,34H,9-10H2,1-3H3. The summed E-state index contributed by atoms with van der Waals surface area (Å²) < 4.78 is 39.4. The highest BCUT2D eigenvalue weighted by Gasteiger charge is 2.32. The average Bonchev–Trinajstić information content (AvgIpc) is 3.21. The number of aromatic nitrogens is 3. The number of Topliss-reactive ketones (excluding diaryl/α,β-unsaturated/α-hetero) is 1. The van der Waals surface area contributed by atoms with Gasteiger partial charge in [-0.3, -0.25) is 0 Å². The van der Waals surface area contributed by atoms with E-state index in [-0.39, 0.29) is 28.3 Å². The van der Waals surface area contributed by atoms with Gasteiger partial charge in [-0.15, -0.1) is 15.0 Å². The molecule has 0 radical (unpaired) electrons. The first-order valence-electron chi connectivity index (χ1n) is 10.8. The van der Waals surface area contributed by atoms with E-state index in [2.05, 4.69) is 10.2 Å². The summed E-state index contributed by atoms with van der Waals surface area (Å²) in [4.78, 5) is 12.8. The second-order valence-corrected chi connectivity index (χ2v) is 8.89. The van der Waals surface area contributed by atoms with Crippen LogP contribution in [-0.4, -0.2) is 25.9 Å². The molecule has 0 unspecified atom stereocenters. The Morgan fingerprint density at radius 3 is 2.26 bits per heavy atom. The molecule has 5 nitrogen and oxygen atoms in total. The summed E-state index contributed by atoms with van der Waals surface area (Å²) in [5, 5.41) is 19.8. The van der Waals surface area contributed by atoms with Crippen molar-refractivity contribution in [3.8, 4) is 11.4 Å². The number of halogens is 3. The third-order valence-corrected chi connectivity index (χ3v) is 6.01. The lowest BCUT2D eigenvalue weighted by Gasteiger charge is -2.28. The van der Waals surface area contributed by atoms with Crippen LogP contribution in [0.3, 0.4) is 0 Å². The number of rotatable bonds is 6. The quantitative estimate of drug-likeness (QED) is 0.378. The molecule has 3 aromatic carbocycles. The molecule has 0 saturated carbocycles. The predicted molar refractivity (Wildman–Crippen MR) is 123 cm³/mol. The smallest absolute Gasteiger partial charge is 0.416 e. The van der Waals surface area contributed by atoms with Crippen LogP contribution in [0.2, 0.25) is 0 Å². The summed E-state index contributed by atoms with van der Waals surface area (Å²) >= 11 is 0. The first kappa shape index (κ1) is 23.5. The zero-order chi connectivity index (χ0) is 24.7. The van der Waals surface area contributed by atoms with E-state index >= 15 is 0 Å². The van der Waals surface area contributed by atoms with Crippen LogP contribution < -0.4 is 0 Å². The molecule has 0 amide bonds. The minimum atomic E-state index is -4.50. The van der Waals surface area contributed by atoms with E-state index in [9.17, 15) is 23.1 Å². The fraction of sp³-hybridized carbons (Fsp3) is 0.269. The Bertz CT molecular complexity index is 1360. The van der Waals surface area contributed by atoms with Gasteiger partial charge in [0.15, 0.2) is 0 Å². The van der Waals surface area contributed by atoms with Crippen molar-refractivity contribution < 1.29 is 23.1 Å². The molecule has 0 aliphatic carbocycles. The van der Waals surface area contributed by atoms with Crippen molar-refractivity contribution in [3.63, 3.8) is 0 Å². The van der Waals surface area contributed by atoms with E-state index in [4.69, 9.17) is 0 Å². The fourth-order valence-electron chi connectivity index (χ4n) is 3.98. The number of nitrogens with zero attached hydrogens (tertiary/aromatic N) is 3. The van der Waals surface area contributed by atoms with Crippen molar-refractivity contribution in [3.05, 3.63) is 82.9 Å². The van der Waals surface area contributed by atoms with E-state index < -0.39 is 17.2 Å². The summed E-state index contributed by atoms with van der Waals surface area (Å²) in [6.07, 6.45) is -3.74. The number of hydrogen-bond acceptors (Lipinski definition) is 4. The zero-order valence-corrected chi connectivity index (χ0v) is 19.0. The monoisotopic (exact) mass is 467 g/mol. The minimum absolute atomic E-state index is 0.0288. The molecule has 1 aromatic heterocycles. The molecule has 8 heteroatoms. The molecule has 0 fully saturated rings. The SMILES string of the molecule is CC(=O)CCc1cc(-n2nc3ccc(C(F)(F)F)cc3n2)c(O)c(C(C)(C)c2ccccc2)c1. The Hall–Kier alpha value is -3.68. The molecular formula is C26H24F3N3O2. The van der Waals surface area contributed by atoms with Crippen LogP contribution in [0.1, 0.15) is 49.4 Å². The number of ketones is 1. The second kappa shape index (κ2) is 8.59. The Balaban J connectivity index is 1.89. The number of aromatic hydroxyl groups is 1. The third-order valence-electron chi connectivity index (χ3n) is 6.01. The molecule has 0 bridgehead atoms. The molecule has 0 spiro atoms. The summed E-state index contributed by atoms with van der Waals surface area (Å²) in [6, 6.07) is 16.3. The Morgan fingerprint density at radius 2 is 1.62 bits per heavy atom. The number of phenolic OH excluding ortho intramolecular Hbond substituents is 1. The van der Waals surface area contributed by atoms with Crippen molar-refractivity contribution in [1.82, 2.24) is 15.0 Å². The maximum Gasteiger partial charge on any atom is 0.416 e. The predicted octanol–water partition coefficient (Wildman–Crippen LogP) is 5.99. The van der Waals surface area contributed by atoms with Gasteiger partial charge in [0.25, 0.3) is 0 Å². The summed E-state index contributed by atoms with van der Waals surface area (Å²) in [5.74, 6) is -0.0436. The Morgan fingerprint density at radius 1 is 0.941 bits per heavy atom. The van der Waals surface area contributed by atoms with Crippen LogP contribution in [0.4, 0.5) is 13.2 Å². The third kappa shape index (κ3) is 4.53. The number of phenols is 1. The van der Waals surface area contributed by atoms with Gasteiger partial charge in [-0.2, -0.15) is 13.2 Å². The number of fused-ring (bicyclic) bond motifs is 1.